The van der Waals surface area contributed by atoms with Gasteiger partial charge in [0.2, 0.25) is 11.6 Å². The Kier molecular flexibility index (Phi) is 2.57. The molecule has 0 spiro atoms. The molecule has 2 aliphatic heterocycles. The second-order valence-corrected chi connectivity index (χ2v) is 4.57. The molecular formula is C10H13ClN4O2. The van der Waals surface area contributed by atoms with Gasteiger partial charge in [0, 0.05) is 13.7 Å². The van der Waals surface area contributed by atoms with Gasteiger partial charge in [-0.3, -0.25) is 0 Å². The number of hydrogen-bond acceptors (Lipinski definition) is 6. The van der Waals surface area contributed by atoms with E-state index in [0.717, 1.165) is 12.1 Å². The normalized spacial score (nSPS) is 27.7. The highest BCUT2D eigenvalue weighted by Gasteiger charge is 2.39. The molecule has 0 aliphatic carbocycles. The van der Waals surface area contributed by atoms with Crippen molar-refractivity contribution in [1.29, 1.82) is 0 Å². The molecule has 1 aromatic heterocycles. The van der Waals surface area contributed by atoms with Crippen LogP contribution in [0.15, 0.2) is 6.20 Å². The van der Waals surface area contributed by atoms with Crippen molar-refractivity contribution in [2.75, 3.05) is 30.1 Å². The number of rotatable bonds is 1. The zero-order valence-corrected chi connectivity index (χ0v) is 10.1. The first-order valence-corrected chi connectivity index (χ1v) is 5.86. The molecule has 0 radical (unpaired) electrons. The van der Waals surface area contributed by atoms with E-state index in [1.54, 1.807) is 18.1 Å². The lowest BCUT2D eigenvalue weighted by atomic mass is 10.2. The largest absolute Gasteiger partial charge is 0.379 e. The van der Waals surface area contributed by atoms with Gasteiger partial charge in [-0.25, -0.2) is 4.98 Å². The zero-order valence-electron chi connectivity index (χ0n) is 9.38. The fourth-order valence-corrected chi connectivity index (χ4v) is 2.44. The van der Waals surface area contributed by atoms with E-state index in [-0.39, 0.29) is 11.3 Å². The van der Waals surface area contributed by atoms with Crippen molar-refractivity contribution < 1.29 is 9.84 Å². The van der Waals surface area contributed by atoms with E-state index in [1.165, 1.54) is 0 Å². The molecule has 1 aromatic rings. The van der Waals surface area contributed by atoms with Gasteiger partial charge in [0.15, 0.2) is 5.82 Å². The summed E-state index contributed by atoms with van der Waals surface area (Å²) in [6.07, 6.45) is 1.78. The third-order valence-corrected chi connectivity index (χ3v) is 3.42. The molecule has 3 rings (SSSR count). The van der Waals surface area contributed by atoms with Gasteiger partial charge in [0.25, 0.3) is 0 Å². The maximum absolute atomic E-state index is 10.2. The molecule has 2 aliphatic rings. The van der Waals surface area contributed by atoms with E-state index in [9.17, 15) is 5.11 Å². The van der Waals surface area contributed by atoms with Gasteiger partial charge in [-0.15, -0.1) is 0 Å². The van der Waals surface area contributed by atoms with Crippen molar-refractivity contribution in [3.05, 3.63) is 11.5 Å². The van der Waals surface area contributed by atoms with Crippen molar-refractivity contribution in [3.8, 4) is 0 Å². The van der Waals surface area contributed by atoms with Crippen LogP contribution < -0.4 is 9.80 Å². The molecule has 1 N–H and O–H groups in total. The molecule has 0 bridgehead atoms. The zero-order chi connectivity index (χ0) is 12.0. The molecule has 0 aromatic carbocycles. The number of halogens is 1. The van der Waals surface area contributed by atoms with Crippen molar-refractivity contribution in [2.24, 2.45) is 0 Å². The summed E-state index contributed by atoms with van der Waals surface area (Å²) in [5, 5.41) is 10.4. The molecule has 0 amide bonds. The first kappa shape index (κ1) is 11.0. The topological polar surface area (TPSA) is 61.7 Å². The van der Waals surface area contributed by atoms with Crippen molar-refractivity contribution in [3.63, 3.8) is 0 Å². The van der Waals surface area contributed by atoms with Crippen molar-refractivity contribution in [2.45, 2.75) is 18.8 Å². The van der Waals surface area contributed by atoms with E-state index < -0.39 is 6.35 Å². The second kappa shape index (κ2) is 3.97. The molecular weight excluding hydrogens is 244 g/mol. The standard InChI is InChI=1S/C10H13ClN4O2/c1-14-7-4-12-9(11)13-8(7)15(10(14)16)6-2-3-17-5-6/h4,6,10,16H,2-3,5H2,1H3/t6-,10?/m0/s1. The van der Waals surface area contributed by atoms with Gasteiger partial charge in [0.1, 0.15) is 5.69 Å². The van der Waals surface area contributed by atoms with Gasteiger partial charge in [-0.1, -0.05) is 0 Å². The summed E-state index contributed by atoms with van der Waals surface area (Å²) in [4.78, 5) is 11.7. The van der Waals surface area contributed by atoms with Crippen molar-refractivity contribution >= 4 is 23.1 Å². The Hall–Kier alpha value is -1.11. The Balaban J connectivity index is 2.02. The number of nitrogens with zero attached hydrogens (tertiary/aromatic N) is 4. The first-order chi connectivity index (χ1) is 8.18. The number of hydrogen-bond donors (Lipinski definition) is 1. The third-order valence-electron chi connectivity index (χ3n) is 3.24. The highest BCUT2D eigenvalue weighted by Crippen LogP contribution is 2.38. The molecule has 2 atom stereocenters. The van der Waals surface area contributed by atoms with Crippen LogP contribution in [0.3, 0.4) is 0 Å². The van der Waals surface area contributed by atoms with Gasteiger partial charge in [-0.05, 0) is 18.0 Å². The van der Waals surface area contributed by atoms with Crippen LogP contribution in [0, 0.1) is 0 Å². The minimum Gasteiger partial charge on any atom is -0.379 e. The van der Waals surface area contributed by atoms with Crippen LogP contribution in [0.5, 0.6) is 0 Å². The van der Waals surface area contributed by atoms with Crippen LogP contribution in [-0.2, 0) is 4.74 Å². The molecule has 3 heterocycles. The molecule has 17 heavy (non-hydrogen) atoms. The van der Waals surface area contributed by atoms with Crippen LogP contribution in [0.25, 0.3) is 0 Å². The highest BCUT2D eigenvalue weighted by atomic mass is 35.5. The molecule has 6 nitrogen and oxygen atoms in total. The number of ether oxygens (including phenoxy) is 1. The summed E-state index contributed by atoms with van der Waals surface area (Å²) in [6.45, 7) is 1.32. The average molecular weight is 257 g/mol. The van der Waals surface area contributed by atoms with Gasteiger partial charge in [0.05, 0.1) is 18.8 Å². The van der Waals surface area contributed by atoms with Gasteiger partial charge >= 0.3 is 0 Å². The summed E-state index contributed by atoms with van der Waals surface area (Å²) < 4.78 is 5.35. The molecule has 1 fully saturated rings. The maximum atomic E-state index is 10.2. The van der Waals surface area contributed by atoms with Crippen LogP contribution >= 0.6 is 11.6 Å². The summed E-state index contributed by atoms with van der Waals surface area (Å²) in [6, 6.07) is 0.139. The Morgan fingerprint density at radius 2 is 2.41 bits per heavy atom. The Morgan fingerprint density at radius 1 is 1.59 bits per heavy atom. The summed E-state index contributed by atoms with van der Waals surface area (Å²) in [5.41, 5.74) is 0.786. The van der Waals surface area contributed by atoms with E-state index in [1.807, 2.05) is 4.90 Å². The first-order valence-electron chi connectivity index (χ1n) is 5.48. The number of aliphatic hydroxyl groups is 1. The minimum atomic E-state index is -0.732. The van der Waals surface area contributed by atoms with Crippen LogP contribution in [-0.4, -0.2) is 47.7 Å². The third kappa shape index (κ3) is 1.64. The summed E-state index contributed by atoms with van der Waals surface area (Å²) in [7, 11) is 1.80. The van der Waals surface area contributed by atoms with E-state index >= 15 is 0 Å². The second-order valence-electron chi connectivity index (χ2n) is 4.23. The van der Waals surface area contributed by atoms with Gasteiger partial charge in [-0.2, -0.15) is 4.98 Å². The highest BCUT2D eigenvalue weighted by molar-refractivity contribution is 6.28. The quantitative estimate of drug-likeness (QED) is 0.737. The Bertz CT molecular complexity index is 436. The smallest absolute Gasteiger partial charge is 0.224 e. The number of aromatic nitrogens is 2. The Labute approximate surface area is 104 Å². The SMILES string of the molecule is CN1c2cnc(Cl)nc2N([C@H]2CCOC2)C1O. The fourth-order valence-electron chi connectivity index (χ4n) is 2.31. The van der Waals surface area contributed by atoms with Crippen LogP contribution in [0.2, 0.25) is 5.28 Å². The molecule has 1 saturated heterocycles. The lowest BCUT2D eigenvalue weighted by molar-refractivity contribution is 0.153. The lowest BCUT2D eigenvalue weighted by Crippen LogP contribution is -2.47. The monoisotopic (exact) mass is 256 g/mol. The summed E-state index contributed by atoms with van der Waals surface area (Å²) >= 11 is 5.81. The van der Waals surface area contributed by atoms with E-state index in [4.69, 9.17) is 16.3 Å². The fraction of sp³-hybridized carbons (Fsp3) is 0.600. The number of aliphatic hydroxyl groups excluding tert-OH is 1. The minimum absolute atomic E-state index is 0.139. The van der Waals surface area contributed by atoms with Gasteiger partial charge < -0.3 is 19.6 Å². The van der Waals surface area contributed by atoms with Crippen molar-refractivity contribution in [1.82, 2.24) is 9.97 Å². The van der Waals surface area contributed by atoms with E-state index in [0.29, 0.717) is 19.0 Å². The number of fused-ring (bicyclic) bond motifs is 1. The van der Waals surface area contributed by atoms with Crippen LogP contribution in [0.4, 0.5) is 11.5 Å². The number of anilines is 2. The maximum Gasteiger partial charge on any atom is 0.224 e. The van der Waals surface area contributed by atoms with Crippen LogP contribution in [0.1, 0.15) is 6.42 Å². The molecule has 7 heteroatoms. The van der Waals surface area contributed by atoms with E-state index in [2.05, 4.69) is 9.97 Å². The average Bonchev–Trinajstić information content (AvgIpc) is 2.88. The predicted molar refractivity (Wildman–Crippen MR) is 63.2 cm³/mol. The summed E-state index contributed by atoms with van der Waals surface area (Å²) in [5.74, 6) is 0.676. The molecule has 92 valence electrons. The predicted octanol–water partition coefficient (Wildman–Crippen LogP) is 0.451. The molecule has 1 unspecified atom stereocenters. The Morgan fingerprint density at radius 3 is 3.12 bits per heavy atom. The lowest BCUT2D eigenvalue weighted by Gasteiger charge is -2.29. The molecule has 0 saturated carbocycles.